The molecule has 3 unspecified atom stereocenters. The summed E-state index contributed by atoms with van der Waals surface area (Å²) >= 11 is 1.27. The molecule has 168 valence electrons. The van der Waals surface area contributed by atoms with Gasteiger partial charge in [0.25, 0.3) is 5.91 Å². The fourth-order valence-electron chi connectivity index (χ4n) is 6.16. The molecule has 31 heavy (non-hydrogen) atoms. The van der Waals surface area contributed by atoms with E-state index in [9.17, 15) is 4.79 Å². The highest BCUT2D eigenvalue weighted by atomic mass is 32.2. The molecule has 3 atom stereocenters. The molecule has 2 heterocycles. The Morgan fingerprint density at radius 3 is 2.90 bits per heavy atom. The van der Waals surface area contributed by atoms with Gasteiger partial charge < -0.3 is 0 Å². The van der Waals surface area contributed by atoms with Crippen LogP contribution < -0.4 is 4.72 Å². The third-order valence-electron chi connectivity index (χ3n) is 7.84. The smallest absolute Gasteiger partial charge is 0.265 e. The van der Waals surface area contributed by atoms with Gasteiger partial charge in [0.2, 0.25) is 0 Å². The first-order valence-electron chi connectivity index (χ1n) is 11.9. The molecule has 1 aromatic heterocycles. The van der Waals surface area contributed by atoms with Gasteiger partial charge in [-0.15, -0.1) is 0 Å². The van der Waals surface area contributed by atoms with Gasteiger partial charge in [0.1, 0.15) is 5.82 Å². The third kappa shape index (κ3) is 4.11. The highest BCUT2D eigenvalue weighted by Crippen LogP contribution is 2.52. The maximum atomic E-state index is 15.0. The van der Waals surface area contributed by atoms with E-state index in [4.69, 9.17) is 5.10 Å². The van der Waals surface area contributed by atoms with Crippen LogP contribution in [-0.4, -0.2) is 33.1 Å². The number of carbonyl (C=O) groups excluding carboxylic acids is 1. The molecule has 0 radical (unpaired) electrons. The van der Waals surface area contributed by atoms with Crippen molar-refractivity contribution < 1.29 is 9.18 Å². The van der Waals surface area contributed by atoms with E-state index in [0.29, 0.717) is 0 Å². The van der Waals surface area contributed by atoms with E-state index in [0.717, 1.165) is 54.5 Å². The zero-order chi connectivity index (χ0) is 21.6. The standard InChI is InChI=1S/C24H33FN4OS/c1-3-17-10-18-6-4-7-24(13-17,14-18)15-29-22-12-21(25)20(11-19(22)16(2)26-29)23(30)27-31-28-8-5-9-28/h11-12,17-18H,3-10,13-15H2,1-2H3,(H,27,30). The van der Waals surface area contributed by atoms with Gasteiger partial charge in [-0.25, -0.2) is 8.70 Å². The zero-order valence-corrected chi connectivity index (χ0v) is 19.4. The van der Waals surface area contributed by atoms with Crippen LogP contribution in [0.15, 0.2) is 12.1 Å². The molecule has 1 amide bonds. The number of carbonyl (C=O) groups is 1. The van der Waals surface area contributed by atoms with Crippen LogP contribution in [0.2, 0.25) is 0 Å². The number of nitrogens with one attached hydrogen (secondary N) is 1. The minimum Gasteiger partial charge on any atom is -0.283 e. The van der Waals surface area contributed by atoms with Crippen molar-refractivity contribution >= 4 is 28.9 Å². The van der Waals surface area contributed by atoms with Gasteiger partial charge >= 0.3 is 0 Å². The van der Waals surface area contributed by atoms with Gasteiger partial charge in [0.05, 0.1) is 16.8 Å². The molecule has 2 aliphatic carbocycles. The number of amides is 1. The highest BCUT2D eigenvalue weighted by molar-refractivity contribution is 7.95. The first-order chi connectivity index (χ1) is 15.0. The lowest BCUT2D eigenvalue weighted by Gasteiger charge is -2.48. The van der Waals surface area contributed by atoms with Crippen molar-refractivity contribution in [3.63, 3.8) is 0 Å². The van der Waals surface area contributed by atoms with Crippen LogP contribution in [0.3, 0.4) is 0 Å². The van der Waals surface area contributed by atoms with Crippen LogP contribution in [0, 0.1) is 30.0 Å². The molecule has 5 nitrogen and oxygen atoms in total. The number of aromatic nitrogens is 2. The minimum absolute atomic E-state index is 0.0998. The molecule has 1 saturated heterocycles. The summed E-state index contributed by atoms with van der Waals surface area (Å²) in [6.45, 7) is 7.05. The molecule has 3 fully saturated rings. The predicted octanol–water partition coefficient (Wildman–Crippen LogP) is 5.48. The lowest BCUT2D eigenvalue weighted by atomic mass is 9.58. The van der Waals surface area contributed by atoms with E-state index in [1.54, 1.807) is 6.07 Å². The number of aryl methyl sites for hydroxylation is 1. The van der Waals surface area contributed by atoms with Crippen LogP contribution in [-0.2, 0) is 6.54 Å². The Bertz CT molecular complexity index is 988. The molecule has 5 rings (SSSR count). The van der Waals surface area contributed by atoms with Crippen molar-refractivity contribution in [1.29, 1.82) is 0 Å². The van der Waals surface area contributed by atoms with Crippen LogP contribution in [0.5, 0.6) is 0 Å². The Balaban J connectivity index is 1.41. The molecule has 7 heteroatoms. The minimum atomic E-state index is -0.468. The molecule has 3 aliphatic rings. The summed E-state index contributed by atoms with van der Waals surface area (Å²) in [5.41, 5.74) is 2.07. The van der Waals surface area contributed by atoms with Crippen molar-refractivity contribution in [2.24, 2.45) is 17.3 Å². The van der Waals surface area contributed by atoms with Crippen molar-refractivity contribution in [3.8, 4) is 0 Å². The average molecular weight is 445 g/mol. The van der Waals surface area contributed by atoms with E-state index < -0.39 is 5.82 Å². The Hall–Kier alpha value is -1.60. The maximum Gasteiger partial charge on any atom is 0.265 e. The summed E-state index contributed by atoms with van der Waals surface area (Å²) in [6, 6.07) is 3.21. The molecule has 2 aromatic rings. The summed E-state index contributed by atoms with van der Waals surface area (Å²) in [7, 11) is 0. The highest BCUT2D eigenvalue weighted by Gasteiger charge is 2.43. The maximum absolute atomic E-state index is 15.0. The molecular formula is C24H33FN4OS. The summed E-state index contributed by atoms with van der Waals surface area (Å²) in [4.78, 5) is 12.6. The lowest BCUT2D eigenvalue weighted by molar-refractivity contribution is 0.0217. The van der Waals surface area contributed by atoms with E-state index in [1.807, 2.05) is 11.6 Å². The average Bonchev–Trinajstić information content (AvgIpc) is 2.99. The monoisotopic (exact) mass is 444 g/mol. The number of hydrogen-bond donors (Lipinski definition) is 1. The number of hydrogen-bond acceptors (Lipinski definition) is 4. The third-order valence-corrected chi connectivity index (χ3v) is 8.74. The molecule has 0 spiro atoms. The Morgan fingerprint density at radius 1 is 1.32 bits per heavy atom. The second-order valence-corrected chi connectivity index (χ2v) is 11.0. The quantitative estimate of drug-likeness (QED) is 0.600. The van der Waals surface area contributed by atoms with Crippen LogP contribution in [0.1, 0.15) is 74.3 Å². The summed E-state index contributed by atoms with van der Waals surface area (Å²) < 4.78 is 21.9. The Labute approximate surface area is 188 Å². The number of rotatable bonds is 6. The number of halogens is 1. The Morgan fingerprint density at radius 2 is 2.16 bits per heavy atom. The van der Waals surface area contributed by atoms with E-state index in [1.165, 1.54) is 63.1 Å². The van der Waals surface area contributed by atoms with Crippen LogP contribution in [0.4, 0.5) is 4.39 Å². The van der Waals surface area contributed by atoms with Crippen molar-refractivity contribution in [2.45, 2.75) is 71.8 Å². The number of nitrogens with zero attached hydrogens (tertiary/aromatic N) is 3. The van der Waals surface area contributed by atoms with Crippen molar-refractivity contribution in [1.82, 2.24) is 18.8 Å². The summed E-state index contributed by atoms with van der Waals surface area (Å²) in [6.07, 6.45) is 10.2. The van der Waals surface area contributed by atoms with Gasteiger partial charge in [0.15, 0.2) is 0 Å². The Kier molecular flexibility index (Phi) is 5.76. The van der Waals surface area contributed by atoms with E-state index in [-0.39, 0.29) is 16.9 Å². The van der Waals surface area contributed by atoms with E-state index >= 15 is 4.39 Å². The van der Waals surface area contributed by atoms with Gasteiger partial charge in [-0.3, -0.25) is 14.2 Å². The predicted molar refractivity (Wildman–Crippen MR) is 123 cm³/mol. The second-order valence-electron chi connectivity index (χ2n) is 10.1. The van der Waals surface area contributed by atoms with Gasteiger partial charge in [0, 0.05) is 43.2 Å². The molecule has 1 N–H and O–H groups in total. The molecule has 2 bridgehead atoms. The van der Waals surface area contributed by atoms with Gasteiger partial charge in [-0.1, -0.05) is 26.2 Å². The normalized spacial score (nSPS) is 28.5. The van der Waals surface area contributed by atoms with Crippen molar-refractivity contribution in [2.75, 3.05) is 13.1 Å². The molecule has 2 saturated carbocycles. The first kappa shape index (κ1) is 21.3. The summed E-state index contributed by atoms with van der Waals surface area (Å²) in [5, 5.41) is 5.70. The van der Waals surface area contributed by atoms with Gasteiger partial charge in [-0.2, -0.15) is 5.10 Å². The number of fused-ring (bicyclic) bond motifs is 3. The summed E-state index contributed by atoms with van der Waals surface area (Å²) in [5.74, 6) is 0.795. The van der Waals surface area contributed by atoms with E-state index in [2.05, 4.69) is 16.0 Å². The van der Waals surface area contributed by atoms with Crippen LogP contribution in [0.25, 0.3) is 10.9 Å². The fraction of sp³-hybridized carbons (Fsp3) is 0.667. The zero-order valence-electron chi connectivity index (χ0n) is 18.6. The first-order valence-corrected chi connectivity index (χ1v) is 12.6. The molecule has 1 aliphatic heterocycles. The fourth-order valence-corrected chi connectivity index (χ4v) is 6.92. The number of benzene rings is 1. The van der Waals surface area contributed by atoms with Gasteiger partial charge in [-0.05, 0) is 62.3 Å². The largest absolute Gasteiger partial charge is 0.283 e. The molecule has 1 aromatic carbocycles. The van der Waals surface area contributed by atoms with Crippen LogP contribution >= 0.6 is 12.1 Å². The second kappa shape index (κ2) is 8.39. The lowest BCUT2D eigenvalue weighted by Crippen LogP contribution is -2.40. The molecular weight excluding hydrogens is 411 g/mol. The topological polar surface area (TPSA) is 50.2 Å². The SMILES string of the molecule is CCC1CC2CCCC(Cn3nc(C)c4cc(C(=O)NSN5CCC5)c(F)cc43)(C1)C2. The van der Waals surface area contributed by atoms with Crippen molar-refractivity contribution in [3.05, 3.63) is 29.2 Å².